The summed E-state index contributed by atoms with van der Waals surface area (Å²) in [5, 5.41) is 0.610. The lowest BCUT2D eigenvalue weighted by atomic mass is 10.1. The minimum Gasteiger partial charge on any atom is -0.388 e. The predicted molar refractivity (Wildman–Crippen MR) is 69.7 cm³/mol. The molecule has 0 heterocycles. The molecule has 0 bridgehead atoms. The molecule has 0 aliphatic heterocycles. The molecule has 0 atom stereocenters. The molecule has 0 aliphatic carbocycles. The number of benzene rings is 1. The van der Waals surface area contributed by atoms with Gasteiger partial charge in [0, 0.05) is 11.8 Å². The molecule has 1 aromatic rings. The fourth-order valence-electron chi connectivity index (χ4n) is 1.39. The molecule has 0 radical (unpaired) electrons. The molecule has 0 fully saturated rings. The lowest BCUT2D eigenvalue weighted by Crippen LogP contribution is -2.28. The summed E-state index contributed by atoms with van der Waals surface area (Å²) >= 11 is 0. The number of hydrazine groups is 1. The first-order chi connectivity index (χ1) is 8.14. The summed E-state index contributed by atoms with van der Waals surface area (Å²) in [5.41, 5.74) is 6.54. The largest absolute Gasteiger partial charge is 0.388 e. The van der Waals surface area contributed by atoms with E-state index in [2.05, 4.69) is 0 Å². The second-order valence-electron chi connectivity index (χ2n) is 4.05. The van der Waals surface area contributed by atoms with Gasteiger partial charge in [-0.3, -0.25) is 5.01 Å². The molecule has 0 aliphatic rings. The lowest BCUT2D eigenvalue weighted by Gasteiger charge is -2.18. The van der Waals surface area contributed by atoms with Crippen LogP contribution in [0.1, 0.15) is 11.1 Å². The Bertz CT molecular complexity index is 597. The van der Waals surface area contributed by atoms with Crippen LogP contribution in [-0.4, -0.2) is 14.7 Å². The molecule has 0 unspecified atom stereocenters. The summed E-state index contributed by atoms with van der Waals surface area (Å²) in [6.45, 7) is 3.19. The second kappa shape index (κ2) is 4.95. The zero-order valence-corrected chi connectivity index (χ0v) is 11.3. The summed E-state index contributed by atoms with van der Waals surface area (Å²) in [4.78, 5) is 0. The molecular weight excluding hydrogens is 257 g/mol. The second-order valence-corrected chi connectivity index (χ2v) is 6.07. The number of rotatable bonds is 3. The van der Waals surface area contributed by atoms with Crippen molar-refractivity contribution in [1.82, 2.24) is 0 Å². The highest BCUT2D eigenvalue weighted by atomic mass is 32.2. The molecule has 100 valence electrons. The maximum Gasteiger partial charge on any atom is 0.191 e. The lowest BCUT2D eigenvalue weighted by molar-refractivity contribution is 0.606. The van der Waals surface area contributed by atoms with Gasteiger partial charge in [-0.05, 0) is 25.5 Å². The van der Waals surface area contributed by atoms with Gasteiger partial charge < -0.3 is 5.73 Å². The van der Waals surface area contributed by atoms with E-state index in [-0.39, 0.29) is 10.8 Å². The number of sulfone groups is 1. The molecule has 0 saturated carbocycles. The van der Waals surface area contributed by atoms with Crippen molar-refractivity contribution in [3.63, 3.8) is 0 Å². The molecule has 1 aromatic carbocycles. The summed E-state index contributed by atoms with van der Waals surface area (Å²) < 4.78 is 36.0. The Balaban J connectivity index is 3.21. The van der Waals surface area contributed by atoms with Crippen molar-refractivity contribution >= 4 is 15.5 Å². The number of nitrogens with two attached hydrogens (primary N) is 2. The van der Waals surface area contributed by atoms with Crippen LogP contribution in [0.15, 0.2) is 23.4 Å². The van der Waals surface area contributed by atoms with Crippen LogP contribution in [0.5, 0.6) is 0 Å². The Kier molecular flexibility index (Phi) is 3.98. The van der Waals surface area contributed by atoms with Crippen molar-refractivity contribution in [2.45, 2.75) is 13.8 Å². The van der Waals surface area contributed by atoms with E-state index in [0.29, 0.717) is 16.8 Å². The maximum atomic E-state index is 13.7. The van der Waals surface area contributed by atoms with Crippen molar-refractivity contribution in [2.24, 2.45) is 11.6 Å². The van der Waals surface area contributed by atoms with Gasteiger partial charge in [-0.1, -0.05) is 6.07 Å². The maximum absolute atomic E-state index is 13.7. The average Bonchev–Trinajstić information content (AvgIpc) is 2.24. The van der Waals surface area contributed by atoms with Gasteiger partial charge in [-0.2, -0.15) is 0 Å². The van der Waals surface area contributed by atoms with Gasteiger partial charge in [0.15, 0.2) is 9.84 Å². The van der Waals surface area contributed by atoms with E-state index in [1.54, 1.807) is 26.0 Å². The van der Waals surface area contributed by atoms with Gasteiger partial charge >= 0.3 is 0 Å². The molecule has 4 N–H and O–H groups in total. The van der Waals surface area contributed by atoms with Crippen molar-refractivity contribution in [3.8, 4) is 0 Å². The van der Waals surface area contributed by atoms with Gasteiger partial charge in [-0.15, -0.1) is 0 Å². The summed E-state index contributed by atoms with van der Waals surface area (Å²) in [5.74, 6) is 5.28. The van der Waals surface area contributed by atoms with Crippen LogP contribution in [0, 0.1) is 19.7 Å². The SMILES string of the molecule is Cc1ccc(N(N)/C=C(\N)S(C)(=O)=O)c(C)c1F. The predicted octanol–water partition coefficient (Wildman–Crippen LogP) is 0.925. The monoisotopic (exact) mass is 273 g/mol. The molecule has 7 heteroatoms. The number of nitrogens with zero attached hydrogens (tertiary/aromatic N) is 1. The van der Waals surface area contributed by atoms with Crippen LogP contribution in [0.4, 0.5) is 10.1 Å². The van der Waals surface area contributed by atoms with Crippen molar-refractivity contribution in [3.05, 3.63) is 40.3 Å². The van der Waals surface area contributed by atoms with Crippen LogP contribution in [0.25, 0.3) is 0 Å². The smallest absolute Gasteiger partial charge is 0.191 e. The van der Waals surface area contributed by atoms with E-state index >= 15 is 0 Å². The van der Waals surface area contributed by atoms with Gasteiger partial charge in [0.2, 0.25) is 0 Å². The molecule has 0 spiro atoms. The van der Waals surface area contributed by atoms with Gasteiger partial charge in [0.1, 0.15) is 10.8 Å². The zero-order chi connectivity index (χ0) is 14.1. The molecule has 1 rings (SSSR count). The number of aryl methyl sites for hydroxylation is 1. The Morgan fingerprint density at radius 2 is 1.94 bits per heavy atom. The quantitative estimate of drug-likeness (QED) is 0.631. The fourth-order valence-corrected chi connectivity index (χ4v) is 1.70. The number of hydrogen-bond acceptors (Lipinski definition) is 5. The standard InChI is InChI=1S/C11H16FN3O2S/c1-7-4-5-9(8(2)11(7)12)15(14)6-10(13)18(3,16)17/h4-6H,13-14H2,1-3H3/b10-6+. The minimum absolute atomic E-state index is 0.329. The Labute approximate surface area is 106 Å². The third kappa shape index (κ3) is 2.99. The average molecular weight is 273 g/mol. The van der Waals surface area contributed by atoms with E-state index in [1.807, 2.05) is 0 Å². The molecule has 5 nitrogen and oxygen atoms in total. The van der Waals surface area contributed by atoms with Crippen LogP contribution >= 0.6 is 0 Å². The van der Waals surface area contributed by atoms with Crippen LogP contribution in [0.3, 0.4) is 0 Å². The number of halogens is 1. The molecule has 0 amide bonds. The van der Waals surface area contributed by atoms with E-state index in [0.717, 1.165) is 17.5 Å². The summed E-state index contributed by atoms with van der Waals surface area (Å²) in [6, 6.07) is 3.15. The van der Waals surface area contributed by atoms with Crippen LogP contribution < -0.4 is 16.6 Å². The highest BCUT2D eigenvalue weighted by molar-refractivity contribution is 7.94. The first-order valence-electron chi connectivity index (χ1n) is 5.11. The summed E-state index contributed by atoms with van der Waals surface area (Å²) in [6.07, 6.45) is 2.02. The highest BCUT2D eigenvalue weighted by Gasteiger charge is 2.12. The van der Waals surface area contributed by atoms with Gasteiger partial charge in [0.05, 0.1) is 11.9 Å². The topological polar surface area (TPSA) is 89.4 Å². The third-order valence-corrected chi connectivity index (χ3v) is 3.49. The van der Waals surface area contributed by atoms with Gasteiger partial charge in [-0.25, -0.2) is 18.7 Å². The van der Waals surface area contributed by atoms with E-state index in [4.69, 9.17) is 11.6 Å². The van der Waals surface area contributed by atoms with Crippen molar-refractivity contribution < 1.29 is 12.8 Å². The third-order valence-electron chi connectivity index (χ3n) is 2.52. The summed E-state index contributed by atoms with van der Waals surface area (Å²) in [7, 11) is -3.51. The van der Waals surface area contributed by atoms with Crippen LogP contribution in [-0.2, 0) is 9.84 Å². The molecular formula is C11H16FN3O2S. The number of hydrogen-bond donors (Lipinski definition) is 2. The van der Waals surface area contributed by atoms with E-state index in [9.17, 15) is 12.8 Å². The van der Waals surface area contributed by atoms with Crippen LogP contribution in [0.2, 0.25) is 0 Å². The first kappa shape index (κ1) is 14.5. The van der Waals surface area contributed by atoms with E-state index in [1.165, 1.54) is 0 Å². The van der Waals surface area contributed by atoms with E-state index < -0.39 is 9.84 Å². The molecule has 18 heavy (non-hydrogen) atoms. The fraction of sp³-hybridized carbons (Fsp3) is 0.273. The Morgan fingerprint density at radius 1 is 1.39 bits per heavy atom. The Hall–Kier alpha value is -1.60. The van der Waals surface area contributed by atoms with Gasteiger partial charge in [0.25, 0.3) is 0 Å². The molecule has 0 saturated heterocycles. The number of anilines is 1. The van der Waals surface area contributed by atoms with Crippen molar-refractivity contribution in [2.75, 3.05) is 11.3 Å². The Morgan fingerprint density at radius 3 is 2.44 bits per heavy atom. The molecule has 0 aromatic heterocycles. The zero-order valence-electron chi connectivity index (χ0n) is 10.4. The minimum atomic E-state index is -3.51. The van der Waals surface area contributed by atoms with Crippen molar-refractivity contribution in [1.29, 1.82) is 0 Å². The normalized spacial score (nSPS) is 12.6. The first-order valence-corrected chi connectivity index (χ1v) is 7.00. The highest BCUT2D eigenvalue weighted by Crippen LogP contribution is 2.23.